The van der Waals surface area contributed by atoms with E-state index in [4.69, 9.17) is 5.73 Å². The fourth-order valence-corrected chi connectivity index (χ4v) is 2.47. The van der Waals surface area contributed by atoms with E-state index in [-0.39, 0.29) is 0 Å². The molecule has 16 heavy (non-hydrogen) atoms. The number of aromatic nitrogens is 3. The van der Waals surface area contributed by atoms with Crippen LogP contribution in [0.15, 0.2) is 6.20 Å². The van der Waals surface area contributed by atoms with Gasteiger partial charge in [0.25, 0.3) is 0 Å². The third kappa shape index (κ3) is 1.82. The van der Waals surface area contributed by atoms with Crippen LogP contribution < -0.4 is 5.73 Å². The minimum Gasteiger partial charge on any atom is -0.389 e. The van der Waals surface area contributed by atoms with Gasteiger partial charge >= 0.3 is 0 Å². The Bertz CT molecular complexity index is 510. The number of aryl methyl sites for hydroxylation is 2. The average molecular weight is 236 g/mol. The quantitative estimate of drug-likeness (QED) is 0.871. The number of rotatable bonds is 2. The first-order valence-corrected chi connectivity index (χ1v) is 6.07. The van der Waals surface area contributed by atoms with Gasteiger partial charge in [-0.3, -0.25) is 4.68 Å². The van der Waals surface area contributed by atoms with Crippen molar-refractivity contribution in [3.63, 3.8) is 0 Å². The number of nitrogens with zero attached hydrogens (tertiary/aromatic N) is 3. The molecular weight excluding hydrogens is 220 g/mol. The second kappa shape index (κ2) is 3.90. The van der Waals surface area contributed by atoms with Crippen LogP contribution >= 0.6 is 11.3 Å². The van der Waals surface area contributed by atoms with Crippen LogP contribution in [-0.2, 0) is 7.05 Å². The molecule has 5 heteroatoms. The van der Waals surface area contributed by atoms with Gasteiger partial charge in [0, 0.05) is 24.7 Å². The molecule has 0 atom stereocenters. The van der Waals surface area contributed by atoms with Crippen LogP contribution in [0.4, 0.5) is 5.00 Å². The van der Waals surface area contributed by atoms with Crippen LogP contribution in [0.2, 0.25) is 0 Å². The predicted molar refractivity (Wildman–Crippen MR) is 67.6 cm³/mol. The molecule has 2 aromatic heterocycles. The lowest BCUT2D eigenvalue weighted by Crippen LogP contribution is -1.88. The first-order valence-electron chi connectivity index (χ1n) is 5.26. The summed E-state index contributed by atoms with van der Waals surface area (Å²) in [6, 6.07) is 0. The van der Waals surface area contributed by atoms with Gasteiger partial charge in [-0.2, -0.15) is 5.10 Å². The first-order chi connectivity index (χ1) is 7.49. The lowest BCUT2D eigenvalue weighted by atomic mass is 10.2. The largest absolute Gasteiger partial charge is 0.389 e. The summed E-state index contributed by atoms with van der Waals surface area (Å²) in [6.45, 7) is 6.22. The van der Waals surface area contributed by atoms with Crippen LogP contribution in [0.5, 0.6) is 0 Å². The fraction of sp³-hybridized carbons (Fsp3) is 0.455. The van der Waals surface area contributed by atoms with Crippen molar-refractivity contribution in [2.45, 2.75) is 26.7 Å². The molecule has 0 spiro atoms. The van der Waals surface area contributed by atoms with Gasteiger partial charge < -0.3 is 5.73 Å². The molecule has 0 amide bonds. The second-order valence-corrected chi connectivity index (χ2v) is 5.28. The zero-order valence-electron chi connectivity index (χ0n) is 9.98. The molecule has 2 N–H and O–H groups in total. The van der Waals surface area contributed by atoms with Crippen LogP contribution in [0.25, 0.3) is 11.3 Å². The van der Waals surface area contributed by atoms with Crippen LogP contribution in [0, 0.1) is 6.92 Å². The summed E-state index contributed by atoms with van der Waals surface area (Å²) in [7, 11) is 1.91. The van der Waals surface area contributed by atoms with Crippen molar-refractivity contribution in [1.29, 1.82) is 0 Å². The highest BCUT2D eigenvalue weighted by atomic mass is 32.1. The molecule has 0 saturated carbocycles. The molecular formula is C11H16N4S. The van der Waals surface area contributed by atoms with Crippen molar-refractivity contribution in [2.24, 2.45) is 7.05 Å². The van der Waals surface area contributed by atoms with E-state index in [1.807, 2.05) is 20.2 Å². The fourth-order valence-electron chi connectivity index (χ4n) is 1.62. The van der Waals surface area contributed by atoms with E-state index in [0.717, 1.165) is 27.0 Å². The Morgan fingerprint density at radius 2 is 2.12 bits per heavy atom. The Morgan fingerprint density at radius 1 is 1.44 bits per heavy atom. The van der Waals surface area contributed by atoms with Gasteiger partial charge in [-0.05, 0) is 6.92 Å². The Labute approximate surface area is 99.1 Å². The van der Waals surface area contributed by atoms with Crippen LogP contribution in [0.3, 0.4) is 0 Å². The Hall–Kier alpha value is -1.36. The van der Waals surface area contributed by atoms with E-state index in [1.54, 1.807) is 16.0 Å². The first kappa shape index (κ1) is 11.1. The molecule has 0 unspecified atom stereocenters. The summed E-state index contributed by atoms with van der Waals surface area (Å²) in [4.78, 5) is 4.59. The van der Waals surface area contributed by atoms with Gasteiger partial charge in [0.2, 0.25) is 0 Å². The minimum atomic E-state index is 0.415. The van der Waals surface area contributed by atoms with E-state index in [9.17, 15) is 0 Å². The van der Waals surface area contributed by atoms with E-state index in [1.165, 1.54) is 0 Å². The number of nitrogen functional groups attached to an aromatic ring is 1. The zero-order chi connectivity index (χ0) is 11.9. The monoisotopic (exact) mass is 236 g/mol. The topological polar surface area (TPSA) is 56.7 Å². The molecule has 2 heterocycles. The summed E-state index contributed by atoms with van der Waals surface area (Å²) in [5.74, 6) is 0.415. The molecule has 0 radical (unpaired) electrons. The van der Waals surface area contributed by atoms with Crippen molar-refractivity contribution in [3.05, 3.63) is 16.9 Å². The molecule has 0 aliphatic carbocycles. The molecule has 0 fully saturated rings. The number of hydrogen-bond donors (Lipinski definition) is 1. The predicted octanol–water partition coefficient (Wildman–Crippen LogP) is 2.56. The van der Waals surface area contributed by atoms with E-state index >= 15 is 0 Å². The molecule has 2 rings (SSSR count). The average Bonchev–Trinajstić information content (AvgIpc) is 2.69. The highest BCUT2D eigenvalue weighted by Crippen LogP contribution is 2.34. The van der Waals surface area contributed by atoms with Crippen molar-refractivity contribution >= 4 is 16.3 Å². The Morgan fingerprint density at radius 3 is 2.56 bits per heavy atom. The molecule has 0 aliphatic rings. The summed E-state index contributed by atoms with van der Waals surface area (Å²) in [6.07, 6.45) is 1.96. The zero-order valence-corrected chi connectivity index (χ0v) is 10.8. The summed E-state index contributed by atoms with van der Waals surface area (Å²) in [5, 5.41) is 6.17. The maximum absolute atomic E-state index is 6.01. The maximum Gasteiger partial charge on any atom is 0.114 e. The Balaban J connectivity index is 2.52. The van der Waals surface area contributed by atoms with Gasteiger partial charge in [0.1, 0.15) is 10.7 Å². The van der Waals surface area contributed by atoms with Crippen molar-refractivity contribution in [3.8, 4) is 11.3 Å². The molecule has 86 valence electrons. The standard InChI is InChI=1S/C11H16N4S/c1-6(2)11-13-9(10(12)16-11)8-5-15(4)14-7(8)3/h5-6H,12H2,1-4H3. The Kier molecular flexibility index (Phi) is 2.71. The van der Waals surface area contributed by atoms with Gasteiger partial charge in [0.05, 0.1) is 10.7 Å². The van der Waals surface area contributed by atoms with Crippen molar-refractivity contribution < 1.29 is 0 Å². The second-order valence-electron chi connectivity index (χ2n) is 4.22. The molecule has 0 saturated heterocycles. The molecule has 0 aliphatic heterocycles. The highest BCUT2D eigenvalue weighted by molar-refractivity contribution is 7.16. The number of anilines is 1. The third-order valence-electron chi connectivity index (χ3n) is 2.43. The lowest BCUT2D eigenvalue weighted by molar-refractivity contribution is 0.756. The minimum absolute atomic E-state index is 0.415. The van der Waals surface area contributed by atoms with Crippen LogP contribution in [0.1, 0.15) is 30.5 Å². The summed E-state index contributed by atoms with van der Waals surface area (Å²) < 4.78 is 1.79. The number of thiazole rings is 1. The summed E-state index contributed by atoms with van der Waals surface area (Å²) in [5.41, 5.74) is 8.88. The normalized spacial score (nSPS) is 11.3. The maximum atomic E-state index is 6.01. The van der Waals surface area contributed by atoms with Gasteiger partial charge in [0.15, 0.2) is 0 Å². The van der Waals surface area contributed by atoms with Gasteiger partial charge in [-0.1, -0.05) is 13.8 Å². The van der Waals surface area contributed by atoms with E-state index in [0.29, 0.717) is 5.92 Å². The lowest BCUT2D eigenvalue weighted by Gasteiger charge is -1.96. The van der Waals surface area contributed by atoms with Crippen LogP contribution in [-0.4, -0.2) is 14.8 Å². The highest BCUT2D eigenvalue weighted by Gasteiger charge is 2.16. The van der Waals surface area contributed by atoms with Crippen molar-refractivity contribution in [2.75, 3.05) is 5.73 Å². The van der Waals surface area contributed by atoms with Gasteiger partial charge in [-0.15, -0.1) is 11.3 Å². The number of hydrogen-bond acceptors (Lipinski definition) is 4. The molecule has 0 bridgehead atoms. The third-order valence-corrected chi connectivity index (χ3v) is 3.62. The molecule has 2 aromatic rings. The molecule has 0 aromatic carbocycles. The van der Waals surface area contributed by atoms with E-state index < -0.39 is 0 Å². The summed E-state index contributed by atoms with van der Waals surface area (Å²) >= 11 is 1.56. The van der Waals surface area contributed by atoms with E-state index in [2.05, 4.69) is 23.9 Å². The van der Waals surface area contributed by atoms with Crippen molar-refractivity contribution in [1.82, 2.24) is 14.8 Å². The SMILES string of the molecule is Cc1nn(C)cc1-c1nc(C(C)C)sc1N. The van der Waals surface area contributed by atoms with Gasteiger partial charge in [-0.25, -0.2) is 4.98 Å². The number of nitrogens with two attached hydrogens (primary N) is 1. The molecule has 4 nitrogen and oxygen atoms in total. The smallest absolute Gasteiger partial charge is 0.114 e.